The molecule has 0 atom stereocenters. The topological polar surface area (TPSA) is 20.2 Å². The van der Waals surface area contributed by atoms with Crippen molar-refractivity contribution in [3.8, 4) is 5.75 Å². The minimum absolute atomic E-state index is 0.245. The Bertz CT molecular complexity index is 329. The number of phenolic OH excluding ortho intramolecular Hbond substituents is 1. The number of halogens is 1. The van der Waals surface area contributed by atoms with E-state index in [4.69, 9.17) is 11.6 Å². The fourth-order valence-corrected chi connectivity index (χ4v) is 1.84. The first-order chi connectivity index (χ1) is 5.95. The molecule has 0 saturated heterocycles. The molecular weight excluding hydrogens is 184 g/mol. The van der Waals surface area contributed by atoms with Gasteiger partial charge in [0.25, 0.3) is 0 Å². The van der Waals surface area contributed by atoms with Gasteiger partial charge in [-0.2, -0.15) is 0 Å². The number of aromatic hydroxyl groups is 1. The van der Waals surface area contributed by atoms with Crippen LogP contribution in [0.25, 0.3) is 0 Å². The van der Waals surface area contributed by atoms with Crippen molar-refractivity contribution in [1.82, 2.24) is 0 Å². The van der Waals surface area contributed by atoms with E-state index >= 15 is 0 Å². The second-order valence-electron chi connectivity index (χ2n) is 3.74. The largest absolute Gasteiger partial charge is 0.506 e. The smallest absolute Gasteiger partial charge is 0.138 e. The van der Waals surface area contributed by atoms with E-state index in [2.05, 4.69) is 0 Å². The number of phenols is 1. The highest BCUT2D eigenvalue weighted by atomic mass is 35.5. The van der Waals surface area contributed by atoms with Crippen molar-refractivity contribution in [2.75, 3.05) is 0 Å². The van der Waals surface area contributed by atoms with E-state index in [1.54, 1.807) is 0 Å². The summed E-state index contributed by atoms with van der Waals surface area (Å²) in [5.74, 6) is 0.548. The lowest BCUT2D eigenvalue weighted by molar-refractivity contribution is 0.464. The molecule has 0 spiro atoms. The highest BCUT2D eigenvalue weighted by molar-refractivity contribution is 6.32. The van der Waals surface area contributed by atoms with Crippen molar-refractivity contribution in [3.63, 3.8) is 0 Å². The Morgan fingerprint density at radius 1 is 1.23 bits per heavy atom. The molecule has 2 heteroatoms. The molecule has 0 aliphatic rings. The average Bonchev–Trinajstić information content (AvgIpc) is 1.99. The summed E-state index contributed by atoms with van der Waals surface area (Å²) in [5, 5.41) is 10.3. The van der Waals surface area contributed by atoms with Gasteiger partial charge >= 0.3 is 0 Å². The standard InChI is InChI=1S/C11H15ClO/c1-6(2)9-7(3)5-8(4)10(12)11(9)13/h5-6,13H,1-4H3. The Balaban J connectivity index is 3.44. The van der Waals surface area contributed by atoms with E-state index in [-0.39, 0.29) is 5.75 Å². The zero-order chi connectivity index (χ0) is 10.2. The molecule has 1 nitrogen and oxygen atoms in total. The van der Waals surface area contributed by atoms with Gasteiger partial charge in [0.15, 0.2) is 0 Å². The van der Waals surface area contributed by atoms with Crippen molar-refractivity contribution in [2.24, 2.45) is 0 Å². The fraction of sp³-hybridized carbons (Fsp3) is 0.455. The molecule has 72 valence electrons. The summed E-state index contributed by atoms with van der Waals surface area (Å²) in [6.45, 7) is 8.00. The Morgan fingerprint density at radius 3 is 2.23 bits per heavy atom. The Kier molecular flexibility index (Phi) is 2.87. The summed E-state index contributed by atoms with van der Waals surface area (Å²) in [5.41, 5.74) is 2.99. The molecule has 0 bridgehead atoms. The molecule has 1 rings (SSSR count). The van der Waals surface area contributed by atoms with Crippen LogP contribution in [0, 0.1) is 13.8 Å². The van der Waals surface area contributed by atoms with E-state index in [1.807, 2.05) is 33.8 Å². The monoisotopic (exact) mass is 198 g/mol. The van der Waals surface area contributed by atoms with E-state index in [0.29, 0.717) is 10.9 Å². The van der Waals surface area contributed by atoms with Crippen molar-refractivity contribution < 1.29 is 5.11 Å². The van der Waals surface area contributed by atoms with Crippen LogP contribution in [0.15, 0.2) is 6.07 Å². The average molecular weight is 199 g/mol. The zero-order valence-electron chi connectivity index (χ0n) is 8.48. The van der Waals surface area contributed by atoms with Gasteiger partial charge in [0.2, 0.25) is 0 Å². The molecule has 13 heavy (non-hydrogen) atoms. The fourth-order valence-electron chi connectivity index (χ4n) is 1.69. The first-order valence-corrected chi connectivity index (χ1v) is 4.81. The van der Waals surface area contributed by atoms with Crippen molar-refractivity contribution >= 4 is 11.6 Å². The molecule has 0 aliphatic heterocycles. The molecule has 1 aromatic carbocycles. The SMILES string of the molecule is Cc1cc(C)c(C(C)C)c(O)c1Cl. The predicted octanol–water partition coefficient (Wildman–Crippen LogP) is 3.79. The molecule has 1 aromatic rings. The summed E-state index contributed by atoms with van der Waals surface area (Å²) in [6.07, 6.45) is 0. The van der Waals surface area contributed by atoms with Crippen LogP contribution in [0.1, 0.15) is 36.5 Å². The van der Waals surface area contributed by atoms with Gasteiger partial charge in [-0.15, -0.1) is 0 Å². The normalized spacial score (nSPS) is 10.9. The van der Waals surface area contributed by atoms with E-state index in [1.165, 1.54) is 0 Å². The maximum absolute atomic E-state index is 9.80. The minimum Gasteiger partial charge on any atom is -0.506 e. The number of benzene rings is 1. The van der Waals surface area contributed by atoms with Crippen molar-refractivity contribution in [2.45, 2.75) is 33.6 Å². The molecule has 1 N–H and O–H groups in total. The van der Waals surface area contributed by atoms with Crippen molar-refractivity contribution in [1.29, 1.82) is 0 Å². The van der Waals surface area contributed by atoms with Gasteiger partial charge in [-0.25, -0.2) is 0 Å². The molecule has 0 radical (unpaired) electrons. The van der Waals surface area contributed by atoms with Crippen LogP contribution in [0.3, 0.4) is 0 Å². The summed E-state index contributed by atoms with van der Waals surface area (Å²) < 4.78 is 0. The second kappa shape index (κ2) is 3.59. The number of rotatable bonds is 1. The lowest BCUT2D eigenvalue weighted by Gasteiger charge is -2.14. The zero-order valence-corrected chi connectivity index (χ0v) is 9.24. The van der Waals surface area contributed by atoms with E-state index < -0.39 is 0 Å². The maximum Gasteiger partial charge on any atom is 0.138 e. The molecule has 0 fully saturated rings. The van der Waals surface area contributed by atoms with E-state index in [9.17, 15) is 5.11 Å². The third-order valence-corrected chi connectivity index (χ3v) is 2.72. The minimum atomic E-state index is 0.245. The van der Waals surface area contributed by atoms with Gasteiger partial charge in [-0.3, -0.25) is 0 Å². The van der Waals surface area contributed by atoms with Crippen LogP contribution in [0.5, 0.6) is 5.75 Å². The Hall–Kier alpha value is -0.690. The molecule has 0 unspecified atom stereocenters. The summed E-state index contributed by atoms with van der Waals surface area (Å²) in [4.78, 5) is 0. The van der Waals surface area contributed by atoms with Gasteiger partial charge in [0.05, 0.1) is 5.02 Å². The van der Waals surface area contributed by atoms with Crippen LogP contribution < -0.4 is 0 Å². The maximum atomic E-state index is 9.80. The quantitative estimate of drug-likeness (QED) is 0.728. The summed E-state index contributed by atoms with van der Waals surface area (Å²) >= 11 is 5.95. The third-order valence-electron chi connectivity index (χ3n) is 2.24. The highest BCUT2D eigenvalue weighted by Crippen LogP contribution is 2.37. The van der Waals surface area contributed by atoms with Crippen LogP contribution in [-0.2, 0) is 0 Å². The summed E-state index contributed by atoms with van der Waals surface area (Å²) in [7, 11) is 0. The van der Waals surface area contributed by atoms with Gasteiger partial charge in [-0.1, -0.05) is 31.5 Å². The number of hydrogen-bond donors (Lipinski definition) is 1. The van der Waals surface area contributed by atoms with Crippen molar-refractivity contribution in [3.05, 3.63) is 27.8 Å². The number of hydrogen-bond acceptors (Lipinski definition) is 1. The summed E-state index contributed by atoms with van der Waals surface area (Å²) in [6, 6.07) is 2.01. The molecule has 0 aliphatic carbocycles. The van der Waals surface area contributed by atoms with Crippen LogP contribution in [0.4, 0.5) is 0 Å². The third kappa shape index (κ3) is 1.80. The van der Waals surface area contributed by atoms with Gasteiger partial charge < -0.3 is 5.11 Å². The van der Waals surface area contributed by atoms with Gasteiger partial charge in [-0.05, 0) is 30.9 Å². The first-order valence-electron chi connectivity index (χ1n) is 4.43. The molecule has 0 heterocycles. The van der Waals surface area contributed by atoms with E-state index in [0.717, 1.165) is 16.7 Å². The van der Waals surface area contributed by atoms with Gasteiger partial charge in [0, 0.05) is 5.56 Å². The number of aryl methyl sites for hydroxylation is 2. The lowest BCUT2D eigenvalue weighted by atomic mass is 9.95. The second-order valence-corrected chi connectivity index (χ2v) is 4.12. The first kappa shape index (κ1) is 10.4. The lowest BCUT2D eigenvalue weighted by Crippen LogP contribution is -1.94. The molecular formula is C11H15ClO. The highest BCUT2D eigenvalue weighted by Gasteiger charge is 2.14. The Labute approximate surface area is 84.4 Å². The molecule has 0 aromatic heterocycles. The van der Waals surface area contributed by atoms with Gasteiger partial charge in [0.1, 0.15) is 5.75 Å². The van der Waals surface area contributed by atoms with Crippen LogP contribution >= 0.6 is 11.6 Å². The predicted molar refractivity (Wildman–Crippen MR) is 56.7 cm³/mol. The van der Waals surface area contributed by atoms with Crippen LogP contribution in [0.2, 0.25) is 5.02 Å². The van der Waals surface area contributed by atoms with Crippen LogP contribution in [-0.4, -0.2) is 5.11 Å². The molecule has 0 saturated carbocycles. The molecule has 0 amide bonds. The Morgan fingerprint density at radius 2 is 1.77 bits per heavy atom.